The molecule has 0 bridgehead atoms. The van der Waals surface area contributed by atoms with Crippen LogP contribution in [-0.4, -0.2) is 13.1 Å². The number of ether oxygens (including phenoxy) is 2. The second-order valence-corrected chi connectivity index (χ2v) is 3.74. The van der Waals surface area contributed by atoms with Crippen molar-refractivity contribution in [3.63, 3.8) is 0 Å². The van der Waals surface area contributed by atoms with Crippen molar-refractivity contribution in [3.8, 4) is 5.75 Å². The molecule has 0 aliphatic rings. The first-order valence-electron chi connectivity index (χ1n) is 5.34. The molecule has 1 aromatic carbocycles. The molecule has 5 nitrogen and oxygen atoms in total. The Morgan fingerprint density at radius 2 is 2.11 bits per heavy atom. The van der Waals surface area contributed by atoms with E-state index >= 15 is 0 Å². The Balaban J connectivity index is 2.43. The minimum atomic E-state index is -0.517. The molecule has 1 aromatic heterocycles. The lowest BCUT2D eigenvalue weighted by Crippen LogP contribution is -2.10. The summed E-state index contributed by atoms with van der Waals surface area (Å²) in [6, 6.07) is 6.81. The fourth-order valence-corrected chi connectivity index (χ4v) is 1.54. The summed E-state index contributed by atoms with van der Waals surface area (Å²) in [5.41, 5.74) is 0.228. The first kappa shape index (κ1) is 12.2. The Kier molecular flexibility index (Phi) is 3.32. The molecular formula is C13H12O5. The van der Waals surface area contributed by atoms with Gasteiger partial charge in [-0.1, -0.05) is 0 Å². The van der Waals surface area contributed by atoms with Crippen molar-refractivity contribution >= 4 is 16.9 Å². The van der Waals surface area contributed by atoms with E-state index < -0.39 is 11.6 Å². The molecule has 94 valence electrons. The first-order chi connectivity index (χ1) is 8.60. The van der Waals surface area contributed by atoms with E-state index in [0.717, 1.165) is 5.39 Å². The van der Waals surface area contributed by atoms with Gasteiger partial charge in [-0.15, -0.1) is 0 Å². The SMILES string of the molecule is COc1ccc2cc(COC(C)=O)c(=O)oc2c1. The van der Waals surface area contributed by atoms with Gasteiger partial charge in [0.2, 0.25) is 0 Å². The summed E-state index contributed by atoms with van der Waals surface area (Å²) < 4.78 is 15.0. The number of hydrogen-bond donors (Lipinski definition) is 0. The molecule has 18 heavy (non-hydrogen) atoms. The number of fused-ring (bicyclic) bond motifs is 1. The highest BCUT2D eigenvalue weighted by Crippen LogP contribution is 2.20. The van der Waals surface area contributed by atoms with Gasteiger partial charge in [-0.3, -0.25) is 4.79 Å². The number of esters is 1. The molecule has 0 spiro atoms. The van der Waals surface area contributed by atoms with Gasteiger partial charge in [0.1, 0.15) is 17.9 Å². The van der Waals surface area contributed by atoms with Crippen molar-refractivity contribution in [1.29, 1.82) is 0 Å². The van der Waals surface area contributed by atoms with E-state index in [1.165, 1.54) is 14.0 Å². The normalized spacial score (nSPS) is 10.3. The van der Waals surface area contributed by atoms with Crippen LogP contribution >= 0.6 is 0 Å². The van der Waals surface area contributed by atoms with Gasteiger partial charge in [-0.05, 0) is 18.2 Å². The maximum Gasteiger partial charge on any atom is 0.342 e. The summed E-state index contributed by atoms with van der Waals surface area (Å²) in [7, 11) is 1.54. The van der Waals surface area contributed by atoms with Crippen LogP contribution in [0.4, 0.5) is 0 Å². The van der Waals surface area contributed by atoms with Crippen molar-refractivity contribution in [2.75, 3.05) is 7.11 Å². The summed E-state index contributed by atoms with van der Waals surface area (Å²) in [5.74, 6) is 0.169. The van der Waals surface area contributed by atoms with Gasteiger partial charge >= 0.3 is 11.6 Å². The zero-order chi connectivity index (χ0) is 13.1. The summed E-state index contributed by atoms with van der Waals surface area (Å²) in [6.07, 6.45) is 0. The van der Waals surface area contributed by atoms with Crippen LogP contribution in [0.15, 0.2) is 33.5 Å². The summed E-state index contributed by atoms with van der Waals surface area (Å²) in [4.78, 5) is 22.4. The number of rotatable bonds is 3. The topological polar surface area (TPSA) is 65.7 Å². The van der Waals surface area contributed by atoms with Crippen LogP contribution in [0.3, 0.4) is 0 Å². The van der Waals surface area contributed by atoms with Crippen LogP contribution in [0, 0.1) is 0 Å². The van der Waals surface area contributed by atoms with E-state index in [1.54, 1.807) is 24.3 Å². The van der Waals surface area contributed by atoms with E-state index in [-0.39, 0.29) is 6.61 Å². The molecule has 0 amide bonds. The maximum absolute atomic E-state index is 11.6. The minimum Gasteiger partial charge on any atom is -0.497 e. The minimum absolute atomic E-state index is 0.0837. The van der Waals surface area contributed by atoms with Crippen LogP contribution in [0.25, 0.3) is 11.0 Å². The monoisotopic (exact) mass is 248 g/mol. The molecule has 0 saturated carbocycles. The second kappa shape index (κ2) is 4.91. The van der Waals surface area contributed by atoms with Crippen molar-refractivity contribution in [3.05, 3.63) is 40.2 Å². The molecule has 0 fully saturated rings. The van der Waals surface area contributed by atoms with Crippen LogP contribution in [0.2, 0.25) is 0 Å². The lowest BCUT2D eigenvalue weighted by Gasteiger charge is -2.04. The quantitative estimate of drug-likeness (QED) is 0.612. The predicted octanol–water partition coefficient (Wildman–Crippen LogP) is 1.86. The van der Waals surface area contributed by atoms with Gasteiger partial charge in [0, 0.05) is 18.4 Å². The molecule has 2 rings (SSSR count). The van der Waals surface area contributed by atoms with Crippen LogP contribution in [-0.2, 0) is 16.1 Å². The lowest BCUT2D eigenvalue weighted by molar-refractivity contribution is -0.142. The standard InChI is InChI=1S/C13H12O5/c1-8(14)17-7-10-5-9-3-4-11(16-2)6-12(9)18-13(10)15/h3-6H,7H2,1-2H3. The van der Waals surface area contributed by atoms with E-state index in [4.69, 9.17) is 13.9 Å². The van der Waals surface area contributed by atoms with Crippen molar-refractivity contribution in [2.45, 2.75) is 13.5 Å². The zero-order valence-electron chi connectivity index (χ0n) is 10.1. The third-order valence-corrected chi connectivity index (χ3v) is 2.45. The summed E-state index contributed by atoms with van der Waals surface area (Å²) in [6.45, 7) is 1.20. The Bertz CT molecular complexity index is 641. The average Bonchev–Trinajstić information content (AvgIpc) is 2.35. The molecule has 0 radical (unpaired) electrons. The molecule has 1 heterocycles. The number of benzene rings is 1. The predicted molar refractivity (Wildman–Crippen MR) is 64.5 cm³/mol. The highest BCUT2D eigenvalue weighted by atomic mass is 16.5. The van der Waals surface area contributed by atoms with Crippen LogP contribution in [0.5, 0.6) is 5.75 Å². The highest BCUT2D eigenvalue weighted by molar-refractivity contribution is 5.78. The van der Waals surface area contributed by atoms with Crippen molar-refractivity contribution in [2.24, 2.45) is 0 Å². The Morgan fingerprint density at radius 3 is 2.78 bits per heavy atom. The van der Waals surface area contributed by atoms with E-state index in [2.05, 4.69) is 0 Å². The molecule has 0 unspecified atom stereocenters. The van der Waals surface area contributed by atoms with Gasteiger partial charge in [0.15, 0.2) is 0 Å². The molecule has 0 atom stereocenters. The van der Waals surface area contributed by atoms with Gasteiger partial charge in [-0.25, -0.2) is 4.79 Å². The summed E-state index contributed by atoms with van der Waals surface area (Å²) >= 11 is 0. The van der Waals surface area contributed by atoms with Gasteiger partial charge < -0.3 is 13.9 Å². The Morgan fingerprint density at radius 1 is 1.33 bits per heavy atom. The number of methoxy groups -OCH3 is 1. The molecule has 0 saturated heterocycles. The maximum atomic E-state index is 11.6. The fraction of sp³-hybridized carbons (Fsp3) is 0.231. The van der Waals surface area contributed by atoms with Crippen molar-refractivity contribution < 1.29 is 18.7 Å². The third-order valence-electron chi connectivity index (χ3n) is 2.45. The summed E-state index contributed by atoms with van der Waals surface area (Å²) in [5, 5.41) is 0.748. The van der Waals surface area contributed by atoms with Crippen LogP contribution in [0.1, 0.15) is 12.5 Å². The highest BCUT2D eigenvalue weighted by Gasteiger charge is 2.07. The number of carbonyl (C=O) groups excluding carboxylic acids is 1. The largest absolute Gasteiger partial charge is 0.497 e. The van der Waals surface area contributed by atoms with Gasteiger partial charge in [-0.2, -0.15) is 0 Å². The second-order valence-electron chi connectivity index (χ2n) is 3.74. The van der Waals surface area contributed by atoms with E-state index in [1.807, 2.05) is 0 Å². The zero-order valence-corrected chi connectivity index (χ0v) is 10.1. The average molecular weight is 248 g/mol. The third kappa shape index (κ3) is 2.51. The molecule has 0 N–H and O–H groups in total. The van der Waals surface area contributed by atoms with E-state index in [0.29, 0.717) is 16.9 Å². The van der Waals surface area contributed by atoms with Gasteiger partial charge in [0.05, 0.1) is 12.7 Å². The van der Waals surface area contributed by atoms with Crippen LogP contribution < -0.4 is 10.4 Å². The van der Waals surface area contributed by atoms with Crippen molar-refractivity contribution in [1.82, 2.24) is 0 Å². The first-order valence-corrected chi connectivity index (χ1v) is 5.34. The number of carbonyl (C=O) groups is 1. The Labute approximate surface area is 103 Å². The molecule has 0 aliphatic heterocycles. The van der Waals surface area contributed by atoms with E-state index in [9.17, 15) is 9.59 Å². The Hall–Kier alpha value is -2.30. The molecular weight excluding hydrogens is 236 g/mol. The molecule has 0 aliphatic carbocycles. The van der Waals surface area contributed by atoms with Gasteiger partial charge in [0.25, 0.3) is 0 Å². The fourth-order valence-electron chi connectivity index (χ4n) is 1.54. The molecule has 2 aromatic rings. The smallest absolute Gasteiger partial charge is 0.342 e. The number of hydrogen-bond acceptors (Lipinski definition) is 5. The molecule has 5 heteroatoms. The lowest BCUT2D eigenvalue weighted by atomic mass is 10.2.